The highest BCUT2D eigenvalue weighted by atomic mass is 16.5. The summed E-state index contributed by atoms with van der Waals surface area (Å²) >= 11 is 0. The van der Waals surface area contributed by atoms with Gasteiger partial charge in [0.2, 0.25) is 5.88 Å². The summed E-state index contributed by atoms with van der Waals surface area (Å²) in [5, 5.41) is 4.66. The number of nitrogens with zero attached hydrogens (tertiary/aromatic N) is 2. The van der Waals surface area contributed by atoms with Crippen molar-refractivity contribution in [3.05, 3.63) is 36.1 Å². The second-order valence-electron chi connectivity index (χ2n) is 4.83. The van der Waals surface area contributed by atoms with Crippen LogP contribution in [0, 0.1) is 5.92 Å². The molecule has 0 bridgehead atoms. The van der Waals surface area contributed by atoms with Crippen LogP contribution in [-0.2, 0) is 0 Å². The molecule has 0 aromatic carbocycles. The quantitative estimate of drug-likeness (QED) is 0.799. The summed E-state index contributed by atoms with van der Waals surface area (Å²) in [6.07, 6.45) is 8.52. The first kappa shape index (κ1) is 12.0. The van der Waals surface area contributed by atoms with Gasteiger partial charge in [-0.05, 0) is 5.92 Å². The van der Waals surface area contributed by atoms with Crippen molar-refractivity contribution in [2.75, 3.05) is 7.11 Å². The topological polar surface area (TPSA) is 27.1 Å². The predicted octanol–water partition coefficient (Wildman–Crippen LogP) is 3.32. The van der Waals surface area contributed by atoms with Crippen molar-refractivity contribution in [2.45, 2.75) is 32.7 Å². The van der Waals surface area contributed by atoms with Crippen molar-refractivity contribution in [1.29, 1.82) is 0 Å². The second-order valence-corrected chi connectivity index (χ2v) is 4.83. The average molecular weight is 232 g/mol. The fourth-order valence-corrected chi connectivity index (χ4v) is 2.05. The summed E-state index contributed by atoms with van der Waals surface area (Å²) in [7, 11) is 1.70. The van der Waals surface area contributed by atoms with E-state index < -0.39 is 0 Å². The summed E-state index contributed by atoms with van der Waals surface area (Å²) < 4.78 is 7.41. The third kappa shape index (κ3) is 2.28. The Bertz CT molecular complexity index is 443. The van der Waals surface area contributed by atoms with Gasteiger partial charge in [-0.3, -0.25) is 0 Å². The first-order valence-corrected chi connectivity index (χ1v) is 6.12. The number of hydrogen-bond acceptors (Lipinski definition) is 2. The van der Waals surface area contributed by atoms with Crippen LogP contribution in [0.15, 0.2) is 30.4 Å². The smallest absolute Gasteiger partial charge is 0.212 e. The highest BCUT2D eigenvalue weighted by Gasteiger charge is 2.21. The molecule has 92 valence electrons. The molecular formula is C14H20N2O. The maximum Gasteiger partial charge on any atom is 0.212 e. The lowest BCUT2D eigenvalue weighted by atomic mass is 9.97. The van der Waals surface area contributed by atoms with Gasteiger partial charge in [0.15, 0.2) is 0 Å². The van der Waals surface area contributed by atoms with Crippen LogP contribution in [0.3, 0.4) is 0 Å². The highest BCUT2D eigenvalue weighted by molar-refractivity contribution is 5.23. The largest absolute Gasteiger partial charge is 0.481 e. The minimum absolute atomic E-state index is 0.252. The van der Waals surface area contributed by atoms with Crippen LogP contribution >= 0.6 is 0 Å². The molecule has 1 aromatic rings. The summed E-state index contributed by atoms with van der Waals surface area (Å²) in [4.78, 5) is 0. The van der Waals surface area contributed by atoms with Crippen molar-refractivity contribution in [2.24, 2.45) is 5.92 Å². The Morgan fingerprint density at radius 3 is 2.59 bits per heavy atom. The van der Waals surface area contributed by atoms with E-state index in [0.717, 1.165) is 11.6 Å². The molecule has 0 aliphatic heterocycles. The van der Waals surface area contributed by atoms with Crippen LogP contribution in [0.25, 0.3) is 0 Å². The minimum atomic E-state index is 0.252. The Labute approximate surface area is 103 Å². The molecule has 1 aliphatic rings. The van der Waals surface area contributed by atoms with Gasteiger partial charge in [0, 0.05) is 12.0 Å². The van der Waals surface area contributed by atoms with E-state index in [2.05, 4.69) is 50.2 Å². The van der Waals surface area contributed by atoms with Gasteiger partial charge in [-0.2, -0.15) is 5.10 Å². The lowest BCUT2D eigenvalue weighted by Gasteiger charge is -2.22. The molecule has 2 rings (SSSR count). The molecule has 3 heteroatoms. The molecule has 0 radical (unpaired) electrons. The molecule has 1 aromatic heterocycles. The van der Waals surface area contributed by atoms with Crippen LogP contribution in [0.4, 0.5) is 0 Å². The normalized spacial score (nSPS) is 23.4. The molecule has 0 N–H and O–H groups in total. The number of hydrogen-bond donors (Lipinski definition) is 0. The van der Waals surface area contributed by atoms with E-state index in [1.54, 1.807) is 7.11 Å². The fraction of sp³-hybridized carbons (Fsp3) is 0.500. The predicted molar refractivity (Wildman–Crippen MR) is 69.3 cm³/mol. The zero-order valence-corrected chi connectivity index (χ0v) is 10.9. The Kier molecular flexibility index (Phi) is 3.36. The number of ether oxygens (including phenoxy) is 1. The van der Waals surface area contributed by atoms with Crippen molar-refractivity contribution in [3.8, 4) is 5.88 Å². The summed E-state index contributed by atoms with van der Waals surface area (Å²) in [6, 6.07) is 2.28. The molecule has 0 saturated heterocycles. The van der Waals surface area contributed by atoms with Crippen LogP contribution in [-0.4, -0.2) is 16.9 Å². The third-order valence-electron chi connectivity index (χ3n) is 3.18. The molecule has 17 heavy (non-hydrogen) atoms. The van der Waals surface area contributed by atoms with Gasteiger partial charge in [0.05, 0.1) is 18.8 Å². The van der Waals surface area contributed by atoms with Gasteiger partial charge in [0.1, 0.15) is 0 Å². The number of allylic oxidation sites excluding steroid dienone is 4. The molecule has 1 heterocycles. The molecule has 2 atom stereocenters. The second kappa shape index (κ2) is 4.78. The number of rotatable bonds is 3. The van der Waals surface area contributed by atoms with Crippen LogP contribution < -0.4 is 4.74 Å². The molecule has 0 fully saturated rings. The van der Waals surface area contributed by atoms with Gasteiger partial charge in [0.25, 0.3) is 0 Å². The van der Waals surface area contributed by atoms with Gasteiger partial charge >= 0.3 is 0 Å². The number of methoxy groups -OCH3 is 1. The van der Waals surface area contributed by atoms with E-state index in [0.29, 0.717) is 11.8 Å². The number of aromatic nitrogens is 2. The van der Waals surface area contributed by atoms with Crippen molar-refractivity contribution in [3.63, 3.8) is 0 Å². The molecule has 2 unspecified atom stereocenters. The summed E-state index contributed by atoms with van der Waals surface area (Å²) in [5.41, 5.74) is 1.08. The average Bonchev–Trinajstić information content (AvgIpc) is 2.73. The molecule has 0 saturated carbocycles. The Morgan fingerprint density at radius 2 is 2.00 bits per heavy atom. The fourth-order valence-electron chi connectivity index (χ4n) is 2.05. The van der Waals surface area contributed by atoms with Crippen LogP contribution in [0.2, 0.25) is 0 Å². The highest BCUT2D eigenvalue weighted by Crippen LogP contribution is 2.30. The molecule has 0 amide bonds. The molecular weight excluding hydrogens is 212 g/mol. The molecule has 0 spiro atoms. The van der Waals surface area contributed by atoms with E-state index in [4.69, 9.17) is 4.74 Å². The van der Waals surface area contributed by atoms with Crippen molar-refractivity contribution in [1.82, 2.24) is 9.78 Å². The zero-order chi connectivity index (χ0) is 12.4. The van der Waals surface area contributed by atoms with Gasteiger partial charge in [-0.25, -0.2) is 4.68 Å². The maximum absolute atomic E-state index is 5.42. The summed E-state index contributed by atoms with van der Waals surface area (Å²) in [6.45, 7) is 6.49. The third-order valence-corrected chi connectivity index (χ3v) is 3.18. The first-order valence-electron chi connectivity index (χ1n) is 6.12. The van der Waals surface area contributed by atoms with Crippen molar-refractivity contribution < 1.29 is 4.74 Å². The monoisotopic (exact) mass is 232 g/mol. The Morgan fingerprint density at radius 1 is 1.29 bits per heavy atom. The van der Waals surface area contributed by atoms with Crippen LogP contribution in [0.5, 0.6) is 5.88 Å². The standard InChI is InChI=1S/C14H20N2O/c1-10(2)12-9-14(17-4)16(15-12)13-8-6-5-7-11(13)3/h5-11,13H,1-4H3. The summed E-state index contributed by atoms with van der Waals surface area (Å²) in [5.74, 6) is 1.70. The first-order chi connectivity index (χ1) is 8.13. The van der Waals surface area contributed by atoms with E-state index in [1.165, 1.54) is 0 Å². The molecule has 3 nitrogen and oxygen atoms in total. The Hall–Kier alpha value is -1.51. The van der Waals surface area contributed by atoms with Crippen molar-refractivity contribution >= 4 is 0 Å². The zero-order valence-electron chi connectivity index (χ0n) is 10.9. The lowest BCUT2D eigenvalue weighted by molar-refractivity contribution is 0.327. The maximum atomic E-state index is 5.42. The lowest BCUT2D eigenvalue weighted by Crippen LogP contribution is -2.17. The van der Waals surface area contributed by atoms with Gasteiger partial charge in [-0.15, -0.1) is 0 Å². The van der Waals surface area contributed by atoms with E-state index in [1.807, 2.05) is 10.7 Å². The van der Waals surface area contributed by atoms with E-state index >= 15 is 0 Å². The SMILES string of the molecule is COc1cc(C(C)C)nn1C1C=CC=CC1C. The minimum Gasteiger partial charge on any atom is -0.481 e. The van der Waals surface area contributed by atoms with Gasteiger partial charge in [-0.1, -0.05) is 45.1 Å². The Balaban J connectivity index is 2.37. The van der Waals surface area contributed by atoms with Gasteiger partial charge < -0.3 is 4.74 Å². The van der Waals surface area contributed by atoms with Crippen LogP contribution in [0.1, 0.15) is 38.4 Å². The molecule has 1 aliphatic carbocycles. The van der Waals surface area contributed by atoms with E-state index in [9.17, 15) is 0 Å². The van der Waals surface area contributed by atoms with E-state index in [-0.39, 0.29) is 6.04 Å².